The standard InChI is InChI=1S/C9H20OP/c1-4-11(5-2,6-3)8-9-7-10-9/h9H,4-8H2,1-3H3/q+1. The van der Waals surface area contributed by atoms with Gasteiger partial charge in [-0.05, 0) is 20.8 Å². The first-order valence-electron chi connectivity index (χ1n) is 4.73. The fourth-order valence-corrected chi connectivity index (χ4v) is 4.85. The molecule has 0 bridgehead atoms. The van der Waals surface area contributed by atoms with Crippen molar-refractivity contribution in [2.24, 2.45) is 0 Å². The molecule has 66 valence electrons. The summed E-state index contributed by atoms with van der Waals surface area (Å²) in [5, 5.41) is 0. The zero-order chi connectivity index (χ0) is 8.32. The van der Waals surface area contributed by atoms with Gasteiger partial charge in [0.25, 0.3) is 0 Å². The largest absolute Gasteiger partial charge is 0.369 e. The molecule has 0 spiro atoms. The fraction of sp³-hybridized carbons (Fsp3) is 1.00. The second-order valence-electron chi connectivity index (χ2n) is 3.43. The predicted octanol–water partition coefficient (Wildman–Crippen LogP) is 2.46. The summed E-state index contributed by atoms with van der Waals surface area (Å²) < 4.78 is 5.30. The Hall–Kier alpha value is 0.390. The van der Waals surface area contributed by atoms with Crippen LogP contribution in [0.5, 0.6) is 0 Å². The van der Waals surface area contributed by atoms with Crippen LogP contribution in [0.4, 0.5) is 0 Å². The van der Waals surface area contributed by atoms with E-state index >= 15 is 0 Å². The Bertz CT molecular complexity index is 108. The fourth-order valence-electron chi connectivity index (χ4n) is 1.66. The van der Waals surface area contributed by atoms with Crippen molar-refractivity contribution in [3.63, 3.8) is 0 Å². The van der Waals surface area contributed by atoms with E-state index in [9.17, 15) is 0 Å². The smallest absolute Gasteiger partial charge is 0.114 e. The zero-order valence-electron chi connectivity index (χ0n) is 7.97. The summed E-state index contributed by atoms with van der Waals surface area (Å²) >= 11 is 0. The quantitative estimate of drug-likeness (QED) is 0.462. The average Bonchev–Trinajstić information content (AvgIpc) is 2.84. The molecular weight excluding hydrogens is 155 g/mol. The van der Waals surface area contributed by atoms with Gasteiger partial charge in [0.15, 0.2) is 0 Å². The normalized spacial score (nSPS) is 23.7. The second kappa shape index (κ2) is 3.87. The summed E-state index contributed by atoms with van der Waals surface area (Å²) in [5.74, 6) is 0. The molecule has 1 aliphatic rings. The summed E-state index contributed by atoms with van der Waals surface area (Å²) in [7, 11) is -0.557. The first-order valence-corrected chi connectivity index (χ1v) is 7.26. The Morgan fingerprint density at radius 1 is 1.18 bits per heavy atom. The van der Waals surface area contributed by atoms with E-state index in [1.165, 1.54) is 24.6 Å². The molecule has 0 aromatic rings. The van der Waals surface area contributed by atoms with E-state index in [0.29, 0.717) is 6.10 Å². The van der Waals surface area contributed by atoms with Crippen LogP contribution in [0.1, 0.15) is 20.8 Å². The van der Waals surface area contributed by atoms with Gasteiger partial charge in [0, 0.05) is 7.26 Å². The van der Waals surface area contributed by atoms with Gasteiger partial charge in [-0.2, -0.15) is 0 Å². The van der Waals surface area contributed by atoms with Crippen LogP contribution in [0.15, 0.2) is 0 Å². The number of hydrogen-bond acceptors (Lipinski definition) is 1. The minimum Gasteiger partial charge on any atom is -0.369 e. The van der Waals surface area contributed by atoms with Gasteiger partial charge >= 0.3 is 0 Å². The summed E-state index contributed by atoms with van der Waals surface area (Å²) in [5.41, 5.74) is 0. The van der Waals surface area contributed by atoms with E-state index in [1.54, 1.807) is 0 Å². The lowest BCUT2D eigenvalue weighted by atomic mass is 10.6. The van der Waals surface area contributed by atoms with Crippen LogP contribution in [-0.2, 0) is 4.74 Å². The van der Waals surface area contributed by atoms with Crippen LogP contribution >= 0.6 is 7.26 Å². The molecule has 0 aliphatic carbocycles. The molecule has 0 aromatic heterocycles. The van der Waals surface area contributed by atoms with E-state index in [-0.39, 0.29) is 0 Å². The molecule has 0 radical (unpaired) electrons. The second-order valence-corrected chi connectivity index (χ2v) is 8.37. The molecule has 0 saturated carbocycles. The van der Waals surface area contributed by atoms with Gasteiger partial charge in [0.05, 0.1) is 31.3 Å². The molecule has 1 rings (SSSR count). The third-order valence-corrected chi connectivity index (χ3v) is 8.21. The molecule has 2 heteroatoms. The topological polar surface area (TPSA) is 12.5 Å². The highest BCUT2D eigenvalue weighted by molar-refractivity contribution is 7.75. The van der Waals surface area contributed by atoms with Crippen LogP contribution in [-0.4, -0.2) is 37.4 Å². The molecule has 1 saturated heterocycles. The maximum atomic E-state index is 5.30. The van der Waals surface area contributed by atoms with Gasteiger partial charge in [0.1, 0.15) is 6.10 Å². The third kappa shape index (κ3) is 2.42. The maximum Gasteiger partial charge on any atom is 0.114 e. The molecule has 0 amide bonds. The van der Waals surface area contributed by atoms with E-state index in [0.717, 1.165) is 6.61 Å². The van der Waals surface area contributed by atoms with Gasteiger partial charge in [-0.25, -0.2) is 0 Å². The van der Waals surface area contributed by atoms with Gasteiger partial charge in [-0.15, -0.1) is 0 Å². The number of ether oxygens (including phenoxy) is 1. The first-order chi connectivity index (χ1) is 5.26. The summed E-state index contributed by atoms with van der Waals surface area (Å²) in [4.78, 5) is 0. The maximum absolute atomic E-state index is 5.30. The van der Waals surface area contributed by atoms with Gasteiger partial charge in [-0.3, -0.25) is 0 Å². The monoisotopic (exact) mass is 175 g/mol. The Kier molecular flexibility index (Phi) is 3.33. The Balaban J connectivity index is 2.39. The number of hydrogen-bond donors (Lipinski definition) is 0. The van der Waals surface area contributed by atoms with E-state index in [1.807, 2.05) is 0 Å². The van der Waals surface area contributed by atoms with Gasteiger partial charge in [-0.1, -0.05) is 0 Å². The van der Waals surface area contributed by atoms with Crippen molar-refractivity contribution < 1.29 is 4.74 Å². The van der Waals surface area contributed by atoms with Crippen molar-refractivity contribution in [2.75, 3.05) is 31.3 Å². The van der Waals surface area contributed by atoms with E-state index < -0.39 is 7.26 Å². The first kappa shape index (κ1) is 9.48. The predicted molar refractivity (Wildman–Crippen MR) is 53.2 cm³/mol. The van der Waals surface area contributed by atoms with Crippen LogP contribution in [0.2, 0.25) is 0 Å². The highest BCUT2D eigenvalue weighted by Crippen LogP contribution is 2.59. The Morgan fingerprint density at radius 2 is 1.64 bits per heavy atom. The molecule has 1 atom stereocenters. The van der Waals surface area contributed by atoms with Gasteiger partial charge in [0.2, 0.25) is 0 Å². The Morgan fingerprint density at radius 3 is 1.91 bits per heavy atom. The molecule has 0 N–H and O–H groups in total. The molecule has 0 aromatic carbocycles. The lowest BCUT2D eigenvalue weighted by Crippen LogP contribution is -2.11. The lowest BCUT2D eigenvalue weighted by Gasteiger charge is -2.22. The molecule has 1 heterocycles. The lowest BCUT2D eigenvalue weighted by molar-refractivity contribution is 0.424. The van der Waals surface area contributed by atoms with Crippen LogP contribution in [0, 0.1) is 0 Å². The SMILES string of the molecule is CC[P+](CC)(CC)CC1CO1. The zero-order valence-corrected chi connectivity index (χ0v) is 8.86. The summed E-state index contributed by atoms with van der Waals surface area (Å²) in [6.07, 6.45) is 6.30. The van der Waals surface area contributed by atoms with Crippen LogP contribution < -0.4 is 0 Å². The summed E-state index contributed by atoms with van der Waals surface area (Å²) in [6.45, 7) is 8.09. The molecule has 1 aliphatic heterocycles. The molecule has 1 nitrogen and oxygen atoms in total. The van der Waals surface area contributed by atoms with Crippen molar-refractivity contribution in [2.45, 2.75) is 26.9 Å². The molecule has 1 unspecified atom stereocenters. The summed E-state index contributed by atoms with van der Waals surface area (Å²) in [6, 6.07) is 0. The number of rotatable bonds is 5. The van der Waals surface area contributed by atoms with Crippen molar-refractivity contribution in [1.82, 2.24) is 0 Å². The molecule has 11 heavy (non-hydrogen) atoms. The average molecular weight is 175 g/mol. The minimum absolute atomic E-state index is 0.557. The highest BCUT2D eigenvalue weighted by atomic mass is 31.2. The molecular formula is C9H20OP+. The Labute approximate surface area is 70.9 Å². The van der Waals surface area contributed by atoms with E-state index in [2.05, 4.69) is 20.8 Å². The third-order valence-electron chi connectivity index (χ3n) is 3.01. The van der Waals surface area contributed by atoms with Gasteiger partial charge < -0.3 is 4.74 Å². The van der Waals surface area contributed by atoms with E-state index in [4.69, 9.17) is 4.74 Å². The highest BCUT2D eigenvalue weighted by Gasteiger charge is 2.39. The minimum atomic E-state index is -0.557. The van der Waals surface area contributed by atoms with Crippen LogP contribution in [0.3, 0.4) is 0 Å². The van der Waals surface area contributed by atoms with Crippen LogP contribution in [0.25, 0.3) is 0 Å². The van der Waals surface area contributed by atoms with Crippen molar-refractivity contribution in [3.8, 4) is 0 Å². The van der Waals surface area contributed by atoms with Crippen molar-refractivity contribution >= 4 is 7.26 Å². The molecule has 1 fully saturated rings. The van der Waals surface area contributed by atoms with Crippen molar-refractivity contribution in [3.05, 3.63) is 0 Å². The number of epoxide rings is 1. The van der Waals surface area contributed by atoms with Crippen molar-refractivity contribution in [1.29, 1.82) is 0 Å².